The van der Waals surface area contributed by atoms with Gasteiger partial charge in [-0.3, -0.25) is 0 Å². The van der Waals surface area contributed by atoms with Gasteiger partial charge in [0.25, 0.3) is 0 Å². The van der Waals surface area contributed by atoms with Crippen LogP contribution in [0.25, 0.3) is 0 Å². The lowest BCUT2D eigenvalue weighted by molar-refractivity contribution is 0.0354. The molecular formula is C12H15BrO. The van der Waals surface area contributed by atoms with Gasteiger partial charge < -0.3 is 4.74 Å². The molecule has 1 nitrogen and oxygen atoms in total. The van der Waals surface area contributed by atoms with Crippen molar-refractivity contribution in [3.05, 3.63) is 28.2 Å². The van der Waals surface area contributed by atoms with Gasteiger partial charge in [0.05, 0.1) is 0 Å². The Kier molecular flexibility index (Phi) is 2.34. The molecule has 0 bridgehead atoms. The van der Waals surface area contributed by atoms with Crippen LogP contribution in [0.2, 0.25) is 0 Å². The first-order valence-electron chi connectivity index (χ1n) is 4.96. The third-order valence-corrected chi connectivity index (χ3v) is 3.60. The molecular weight excluding hydrogens is 240 g/mol. The molecule has 2 rings (SSSR count). The highest BCUT2D eigenvalue weighted by Crippen LogP contribution is 2.37. The summed E-state index contributed by atoms with van der Waals surface area (Å²) in [7, 11) is 0. The number of ether oxygens (including phenoxy) is 1. The van der Waals surface area contributed by atoms with Gasteiger partial charge in [0.15, 0.2) is 0 Å². The van der Waals surface area contributed by atoms with Crippen molar-refractivity contribution in [1.82, 2.24) is 0 Å². The van der Waals surface area contributed by atoms with Crippen molar-refractivity contribution in [2.45, 2.75) is 32.8 Å². The molecule has 0 spiro atoms. The van der Waals surface area contributed by atoms with Gasteiger partial charge in [-0.2, -0.15) is 0 Å². The van der Waals surface area contributed by atoms with Gasteiger partial charge in [-0.15, -0.1) is 0 Å². The molecule has 1 heterocycles. The monoisotopic (exact) mass is 254 g/mol. The summed E-state index contributed by atoms with van der Waals surface area (Å²) in [5.41, 5.74) is 1.27. The summed E-state index contributed by atoms with van der Waals surface area (Å²) in [5.74, 6) is 1.60. The Bertz CT molecular complexity index is 357. The molecule has 0 fully saturated rings. The van der Waals surface area contributed by atoms with Crippen molar-refractivity contribution < 1.29 is 4.74 Å². The van der Waals surface area contributed by atoms with Crippen LogP contribution in [0.1, 0.15) is 26.3 Å². The highest BCUT2D eigenvalue weighted by atomic mass is 79.9. The van der Waals surface area contributed by atoms with Crippen LogP contribution in [-0.2, 0) is 6.42 Å². The third-order valence-electron chi connectivity index (χ3n) is 3.11. The Morgan fingerprint density at radius 1 is 1.43 bits per heavy atom. The van der Waals surface area contributed by atoms with E-state index in [9.17, 15) is 0 Å². The van der Waals surface area contributed by atoms with E-state index in [0.717, 1.165) is 16.6 Å². The lowest BCUT2D eigenvalue weighted by Gasteiger charge is -2.38. The van der Waals surface area contributed by atoms with Crippen LogP contribution in [0.4, 0.5) is 0 Å². The molecule has 0 radical (unpaired) electrons. The molecule has 0 amide bonds. The van der Waals surface area contributed by atoms with Crippen molar-refractivity contribution >= 4 is 15.9 Å². The number of hydrogen-bond acceptors (Lipinski definition) is 1. The first-order valence-corrected chi connectivity index (χ1v) is 5.76. The maximum absolute atomic E-state index is 5.97. The van der Waals surface area contributed by atoms with Gasteiger partial charge in [-0.1, -0.05) is 22.9 Å². The lowest BCUT2D eigenvalue weighted by atomic mass is 9.84. The molecule has 76 valence electrons. The molecule has 0 aliphatic carbocycles. The molecule has 0 aromatic heterocycles. The second kappa shape index (κ2) is 3.27. The summed E-state index contributed by atoms with van der Waals surface area (Å²) < 4.78 is 7.10. The molecule has 0 saturated heterocycles. The number of fused-ring (bicyclic) bond motifs is 1. The SMILES string of the molecule is CC1Cc2cc(Br)ccc2OC1(C)C. The predicted molar refractivity (Wildman–Crippen MR) is 61.7 cm³/mol. The zero-order valence-electron chi connectivity index (χ0n) is 8.80. The molecule has 14 heavy (non-hydrogen) atoms. The highest BCUT2D eigenvalue weighted by molar-refractivity contribution is 9.10. The van der Waals surface area contributed by atoms with Gasteiger partial charge in [-0.05, 0) is 49.9 Å². The smallest absolute Gasteiger partial charge is 0.123 e. The zero-order chi connectivity index (χ0) is 10.3. The quantitative estimate of drug-likeness (QED) is 0.685. The van der Waals surface area contributed by atoms with Gasteiger partial charge in [0.1, 0.15) is 11.4 Å². The van der Waals surface area contributed by atoms with Gasteiger partial charge >= 0.3 is 0 Å². The zero-order valence-corrected chi connectivity index (χ0v) is 10.4. The summed E-state index contributed by atoms with van der Waals surface area (Å²) in [6, 6.07) is 6.24. The maximum Gasteiger partial charge on any atom is 0.123 e. The van der Waals surface area contributed by atoms with Crippen LogP contribution in [0.3, 0.4) is 0 Å². The van der Waals surface area contributed by atoms with E-state index in [1.165, 1.54) is 5.56 Å². The number of rotatable bonds is 0. The van der Waals surface area contributed by atoms with Crippen molar-refractivity contribution in [2.75, 3.05) is 0 Å². The first kappa shape index (κ1) is 10.0. The second-order valence-corrected chi connectivity index (χ2v) is 5.48. The molecule has 1 aromatic carbocycles. The third kappa shape index (κ3) is 1.68. The van der Waals surface area contributed by atoms with Gasteiger partial charge in [0.2, 0.25) is 0 Å². The largest absolute Gasteiger partial charge is 0.487 e. The van der Waals surface area contributed by atoms with Crippen molar-refractivity contribution in [3.63, 3.8) is 0 Å². The first-order chi connectivity index (χ1) is 6.49. The van der Waals surface area contributed by atoms with E-state index in [2.05, 4.69) is 42.8 Å². The second-order valence-electron chi connectivity index (χ2n) is 4.56. The van der Waals surface area contributed by atoms with Crippen LogP contribution < -0.4 is 4.74 Å². The summed E-state index contributed by atoms with van der Waals surface area (Å²) in [4.78, 5) is 0. The van der Waals surface area contributed by atoms with E-state index in [-0.39, 0.29) is 5.60 Å². The Balaban J connectivity index is 2.41. The van der Waals surface area contributed by atoms with E-state index >= 15 is 0 Å². The highest BCUT2D eigenvalue weighted by Gasteiger charge is 2.33. The fraction of sp³-hybridized carbons (Fsp3) is 0.500. The fourth-order valence-corrected chi connectivity index (χ4v) is 2.18. The minimum atomic E-state index is -0.0408. The van der Waals surface area contributed by atoms with Gasteiger partial charge in [0, 0.05) is 4.47 Å². The summed E-state index contributed by atoms with van der Waals surface area (Å²) in [5, 5.41) is 0. The standard InChI is InChI=1S/C12H15BrO/c1-8-6-9-7-10(13)4-5-11(9)14-12(8,2)3/h4-5,7-8H,6H2,1-3H3. The van der Waals surface area contributed by atoms with E-state index < -0.39 is 0 Å². The molecule has 1 aromatic rings. The van der Waals surface area contributed by atoms with Crippen LogP contribution in [0.15, 0.2) is 22.7 Å². The van der Waals surface area contributed by atoms with E-state index in [0.29, 0.717) is 5.92 Å². The molecule has 1 aliphatic rings. The predicted octanol–water partition coefficient (Wildman–Crippen LogP) is 3.80. The van der Waals surface area contributed by atoms with Crippen LogP contribution in [0.5, 0.6) is 5.75 Å². The maximum atomic E-state index is 5.97. The molecule has 0 N–H and O–H groups in total. The fourth-order valence-electron chi connectivity index (χ4n) is 1.77. The number of hydrogen-bond donors (Lipinski definition) is 0. The Morgan fingerprint density at radius 3 is 2.86 bits per heavy atom. The molecule has 1 unspecified atom stereocenters. The van der Waals surface area contributed by atoms with Crippen LogP contribution in [0, 0.1) is 5.92 Å². The van der Waals surface area contributed by atoms with Crippen LogP contribution >= 0.6 is 15.9 Å². The number of halogens is 1. The minimum absolute atomic E-state index is 0.0408. The normalized spacial score (nSPS) is 23.9. The van der Waals surface area contributed by atoms with E-state index in [1.54, 1.807) is 0 Å². The molecule has 0 saturated carbocycles. The lowest BCUT2D eigenvalue weighted by Crippen LogP contribution is -2.40. The summed E-state index contributed by atoms with van der Waals surface area (Å²) >= 11 is 3.48. The van der Waals surface area contributed by atoms with Crippen LogP contribution in [-0.4, -0.2) is 5.60 Å². The average Bonchev–Trinajstić information content (AvgIpc) is 2.08. The van der Waals surface area contributed by atoms with Crippen molar-refractivity contribution in [2.24, 2.45) is 5.92 Å². The number of benzene rings is 1. The topological polar surface area (TPSA) is 9.23 Å². The van der Waals surface area contributed by atoms with Crippen molar-refractivity contribution in [1.29, 1.82) is 0 Å². The van der Waals surface area contributed by atoms with Crippen molar-refractivity contribution in [3.8, 4) is 5.75 Å². The Morgan fingerprint density at radius 2 is 2.14 bits per heavy atom. The Hall–Kier alpha value is -0.500. The molecule has 1 atom stereocenters. The average molecular weight is 255 g/mol. The molecule has 2 heteroatoms. The van der Waals surface area contributed by atoms with Gasteiger partial charge in [-0.25, -0.2) is 0 Å². The Labute approximate surface area is 93.6 Å². The van der Waals surface area contributed by atoms with E-state index in [1.807, 2.05) is 12.1 Å². The van der Waals surface area contributed by atoms with E-state index in [4.69, 9.17) is 4.74 Å². The summed E-state index contributed by atoms with van der Waals surface area (Å²) in [6.45, 7) is 6.55. The summed E-state index contributed by atoms with van der Waals surface area (Å²) in [6.07, 6.45) is 1.10. The molecule has 1 aliphatic heterocycles. The minimum Gasteiger partial charge on any atom is -0.487 e.